The SMILES string of the molecule is [N-]=[N+]=N[C@@H](CO)[C@@H]1OC(O)[C@H](O)[C@H]1O. The molecule has 8 nitrogen and oxygen atoms in total. The molecule has 14 heavy (non-hydrogen) atoms. The topological polar surface area (TPSA) is 139 Å². The van der Waals surface area contributed by atoms with E-state index in [4.69, 9.17) is 25.6 Å². The van der Waals surface area contributed by atoms with E-state index < -0.39 is 37.3 Å². The van der Waals surface area contributed by atoms with E-state index in [0.29, 0.717) is 0 Å². The summed E-state index contributed by atoms with van der Waals surface area (Å²) in [6, 6.07) is -1.03. The standard InChI is InChI=1S/C6H11N3O5/c7-9-8-2(1-10)5-3(11)4(12)6(13)14-5/h2-6,10-13H,1H2/t2-,3+,4+,5-,6?/m0/s1. The lowest BCUT2D eigenvalue weighted by atomic mass is 10.1. The number of aliphatic hydroxyl groups is 4. The fourth-order valence-electron chi connectivity index (χ4n) is 1.28. The Hall–Kier alpha value is -0.890. The number of rotatable bonds is 3. The predicted octanol–water partition coefficient (Wildman–Crippen LogP) is -1.90. The zero-order valence-corrected chi connectivity index (χ0v) is 7.13. The first-order chi connectivity index (χ1) is 6.61. The van der Waals surface area contributed by atoms with Gasteiger partial charge in [-0.2, -0.15) is 0 Å². The number of aliphatic hydroxyl groups excluding tert-OH is 4. The van der Waals surface area contributed by atoms with Gasteiger partial charge in [-0.1, -0.05) is 5.11 Å². The minimum Gasteiger partial charge on any atom is -0.396 e. The number of nitrogens with zero attached hydrogens (tertiary/aromatic N) is 3. The highest BCUT2D eigenvalue weighted by Gasteiger charge is 2.45. The number of azide groups is 1. The van der Waals surface area contributed by atoms with Crippen LogP contribution in [0.4, 0.5) is 0 Å². The van der Waals surface area contributed by atoms with Crippen molar-refractivity contribution >= 4 is 0 Å². The highest BCUT2D eigenvalue weighted by Crippen LogP contribution is 2.23. The van der Waals surface area contributed by atoms with Crippen molar-refractivity contribution in [3.05, 3.63) is 10.4 Å². The smallest absolute Gasteiger partial charge is 0.183 e. The van der Waals surface area contributed by atoms with Gasteiger partial charge in [0.05, 0.1) is 12.6 Å². The molecule has 0 bridgehead atoms. The second kappa shape index (κ2) is 4.56. The Balaban J connectivity index is 2.73. The van der Waals surface area contributed by atoms with Gasteiger partial charge in [0.1, 0.15) is 18.3 Å². The third-order valence-corrected chi connectivity index (χ3v) is 2.04. The van der Waals surface area contributed by atoms with Crippen LogP contribution < -0.4 is 0 Å². The molecule has 80 valence electrons. The van der Waals surface area contributed by atoms with Crippen LogP contribution in [0.15, 0.2) is 5.11 Å². The molecule has 1 unspecified atom stereocenters. The van der Waals surface area contributed by atoms with Crippen molar-refractivity contribution in [1.82, 2.24) is 0 Å². The third kappa shape index (κ3) is 1.95. The molecule has 1 fully saturated rings. The molecule has 1 saturated heterocycles. The highest BCUT2D eigenvalue weighted by molar-refractivity contribution is 4.93. The number of hydrogen-bond acceptors (Lipinski definition) is 6. The van der Waals surface area contributed by atoms with Crippen molar-refractivity contribution in [2.24, 2.45) is 5.11 Å². The van der Waals surface area contributed by atoms with Crippen LogP contribution in [0.5, 0.6) is 0 Å². The van der Waals surface area contributed by atoms with Gasteiger partial charge >= 0.3 is 0 Å². The van der Waals surface area contributed by atoms with Crippen LogP contribution in [0.3, 0.4) is 0 Å². The van der Waals surface area contributed by atoms with Crippen molar-refractivity contribution in [2.45, 2.75) is 30.6 Å². The molecule has 1 heterocycles. The van der Waals surface area contributed by atoms with Crippen LogP contribution >= 0.6 is 0 Å². The first-order valence-corrected chi connectivity index (χ1v) is 3.96. The lowest BCUT2D eigenvalue weighted by Crippen LogP contribution is -2.39. The van der Waals surface area contributed by atoms with Crippen LogP contribution in [-0.4, -0.2) is 57.7 Å². The first-order valence-electron chi connectivity index (χ1n) is 3.96. The van der Waals surface area contributed by atoms with Gasteiger partial charge in [-0.3, -0.25) is 0 Å². The van der Waals surface area contributed by atoms with Crippen LogP contribution in [0.1, 0.15) is 0 Å². The van der Waals surface area contributed by atoms with Crippen molar-refractivity contribution in [3.8, 4) is 0 Å². The van der Waals surface area contributed by atoms with Crippen molar-refractivity contribution < 1.29 is 25.2 Å². The zero-order valence-electron chi connectivity index (χ0n) is 7.13. The molecule has 4 N–H and O–H groups in total. The Bertz CT molecular complexity index is 244. The van der Waals surface area contributed by atoms with Crippen molar-refractivity contribution in [1.29, 1.82) is 0 Å². The second-order valence-corrected chi connectivity index (χ2v) is 2.93. The van der Waals surface area contributed by atoms with E-state index in [1.807, 2.05) is 0 Å². The number of hydrogen-bond donors (Lipinski definition) is 4. The molecular formula is C6H11N3O5. The van der Waals surface area contributed by atoms with Crippen LogP contribution in [0.2, 0.25) is 0 Å². The quantitative estimate of drug-likeness (QED) is 0.242. The lowest BCUT2D eigenvalue weighted by Gasteiger charge is -2.18. The van der Waals surface area contributed by atoms with Gasteiger partial charge < -0.3 is 25.2 Å². The van der Waals surface area contributed by atoms with E-state index in [9.17, 15) is 5.11 Å². The fourth-order valence-corrected chi connectivity index (χ4v) is 1.28. The average molecular weight is 205 g/mol. The van der Waals surface area contributed by atoms with Gasteiger partial charge in [0.25, 0.3) is 0 Å². The van der Waals surface area contributed by atoms with Crippen molar-refractivity contribution in [3.63, 3.8) is 0 Å². The van der Waals surface area contributed by atoms with Crippen LogP contribution in [-0.2, 0) is 4.74 Å². The Morgan fingerprint density at radius 2 is 2.00 bits per heavy atom. The van der Waals surface area contributed by atoms with E-state index in [0.717, 1.165) is 0 Å². The summed E-state index contributed by atoms with van der Waals surface area (Å²) in [4.78, 5) is 2.45. The second-order valence-electron chi connectivity index (χ2n) is 2.93. The number of ether oxygens (including phenoxy) is 1. The normalized spacial score (nSPS) is 39.1. The van der Waals surface area contributed by atoms with E-state index in [2.05, 4.69) is 10.0 Å². The zero-order chi connectivity index (χ0) is 10.7. The van der Waals surface area contributed by atoms with Gasteiger partial charge in [-0.25, -0.2) is 0 Å². The molecule has 0 spiro atoms. The predicted molar refractivity (Wildman–Crippen MR) is 42.9 cm³/mol. The molecule has 0 aromatic rings. The summed E-state index contributed by atoms with van der Waals surface area (Å²) in [6.07, 6.45) is -5.46. The van der Waals surface area contributed by atoms with E-state index in [1.54, 1.807) is 0 Å². The summed E-state index contributed by atoms with van der Waals surface area (Å²) in [5, 5.41) is 39.4. The van der Waals surface area contributed by atoms with Gasteiger partial charge in [0.15, 0.2) is 6.29 Å². The molecule has 1 aliphatic heterocycles. The van der Waals surface area contributed by atoms with Crippen LogP contribution in [0, 0.1) is 0 Å². The summed E-state index contributed by atoms with van der Waals surface area (Å²) in [5.41, 5.74) is 8.13. The Morgan fingerprint density at radius 1 is 1.36 bits per heavy atom. The fraction of sp³-hybridized carbons (Fsp3) is 1.00. The molecule has 8 heteroatoms. The monoisotopic (exact) mass is 205 g/mol. The largest absolute Gasteiger partial charge is 0.396 e. The Kier molecular flexibility index (Phi) is 3.64. The highest BCUT2D eigenvalue weighted by atomic mass is 16.6. The first kappa shape index (κ1) is 11.2. The maximum atomic E-state index is 9.33. The molecule has 0 aromatic heterocycles. The molecule has 0 aromatic carbocycles. The van der Waals surface area contributed by atoms with Crippen LogP contribution in [0.25, 0.3) is 10.4 Å². The van der Waals surface area contributed by atoms with Crippen molar-refractivity contribution in [2.75, 3.05) is 6.61 Å². The molecule has 0 saturated carbocycles. The average Bonchev–Trinajstić information content (AvgIpc) is 2.42. The molecule has 1 aliphatic rings. The van der Waals surface area contributed by atoms with Gasteiger partial charge in [-0.15, -0.1) is 0 Å². The minimum atomic E-state index is -1.53. The summed E-state index contributed by atoms with van der Waals surface area (Å²) in [7, 11) is 0. The Labute approximate surface area is 79.0 Å². The van der Waals surface area contributed by atoms with E-state index in [-0.39, 0.29) is 0 Å². The van der Waals surface area contributed by atoms with E-state index in [1.165, 1.54) is 0 Å². The summed E-state index contributed by atoms with van der Waals surface area (Å²) in [6.45, 7) is -0.536. The summed E-state index contributed by atoms with van der Waals surface area (Å²) in [5.74, 6) is 0. The Morgan fingerprint density at radius 3 is 2.36 bits per heavy atom. The van der Waals surface area contributed by atoms with Gasteiger partial charge in [-0.05, 0) is 5.53 Å². The molecular weight excluding hydrogens is 194 g/mol. The molecule has 5 atom stereocenters. The maximum Gasteiger partial charge on any atom is 0.183 e. The van der Waals surface area contributed by atoms with Gasteiger partial charge in [0, 0.05) is 4.91 Å². The third-order valence-electron chi connectivity index (χ3n) is 2.04. The molecule has 0 aliphatic carbocycles. The molecule has 1 rings (SSSR count). The molecule has 0 amide bonds. The summed E-state index contributed by atoms with van der Waals surface area (Å²) >= 11 is 0. The lowest BCUT2D eigenvalue weighted by molar-refractivity contribution is -0.131. The summed E-state index contributed by atoms with van der Waals surface area (Å²) < 4.78 is 4.72. The van der Waals surface area contributed by atoms with E-state index >= 15 is 0 Å². The maximum absolute atomic E-state index is 9.33. The molecule has 0 radical (unpaired) electrons. The minimum absolute atomic E-state index is 0.536. The van der Waals surface area contributed by atoms with Gasteiger partial charge in [0.2, 0.25) is 0 Å².